The summed E-state index contributed by atoms with van der Waals surface area (Å²) in [5.74, 6) is 0.632. The van der Waals surface area contributed by atoms with Crippen molar-refractivity contribution in [3.63, 3.8) is 0 Å². The van der Waals surface area contributed by atoms with Crippen LogP contribution in [-0.2, 0) is 17.3 Å². The summed E-state index contributed by atoms with van der Waals surface area (Å²) in [4.78, 5) is 4.36. The Labute approximate surface area is 160 Å². The molecule has 0 amide bonds. The first-order valence-electron chi connectivity index (χ1n) is 8.86. The lowest BCUT2D eigenvalue weighted by molar-refractivity contribution is 0.282. The van der Waals surface area contributed by atoms with Crippen LogP contribution in [0, 0.1) is 0 Å². The molecule has 1 aromatic carbocycles. The molecule has 8 heteroatoms. The van der Waals surface area contributed by atoms with Gasteiger partial charge in [0.1, 0.15) is 11.9 Å². The van der Waals surface area contributed by atoms with Crippen molar-refractivity contribution in [3.8, 4) is 0 Å². The van der Waals surface area contributed by atoms with Crippen LogP contribution in [0.25, 0.3) is 0 Å². The predicted octanol–water partition coefficient (Wildman–Crippen LogP) is 3.26. The van der Waals surface area contributed by atoms with E-state index in [0.717, 1.165) is 31.2 Å². The van der Waals surface area contributed by atoms with E-state index in [9.17, 15) is 8.42 Å². The van der Waals surface area contributed by atoms with Gasteiger partial charge in [-0.15, -0.1) is 0 Å². The van der Waals surface area contributed by atoms with Crippen LogP contribution >= 0.6 is 11.6 Å². The number of aryl methyl sites for hydroxylation is 1. The molecule has 1 aliphatic carbocycles. The van der Waals surface area contributed by atoms with Crippen molar-refractivity contribution in [2.45, 2.75) is 44.2 Å². The lowest BCUT2D eigenvalue weighted by atomic mass is 9.96. The number of benzene rings is 1. The van der Waals surface area contributed by atoms with Crippen LogP contribution in [0.1, 0.15) is 49.5 Å². The number of halogens is 1. The molecule has 142 valence electrons. The maximum atomic E-state index is 13.0. The molecule has 3 rings (SSSR count). The molecule has 1 saturated carbocycles. The summed E-state index contributed by atoms with van der Waals surface area (Å²) in [6.07, 6.45) is 8.61. The first-order chi connectivity index (χ1) is 12.4. The summed E-state index contributed by atoms with van der Waals surface area (Å²) >= 11 is 5.99. The standard InChI is InChI=1S/C18H25ClN4O2S/c1-22-13-12-20-18(22)17(14-8-10-15(19)11-9-14)21-26(24,25)23(2)16-6-4-3-5-7-16/h8-13,16-17,21H,3-7H2,1-2H3. The Morgan fingerprint density at radius 3 is 2.46 bits per heavy atom. The van der Waals surface area contributed by atoms with Gasteiger partial charge >= 0.3 is 0 Å². The minimum atomic E-state index is -3.66. The third-order valence-corrected chi connectivity index (χ3v) is 6.90. The van der Waals surface area contributed by atoms with Gasteiger partial charge in [-0.1, -0.05) is 43.0 Å². The molecule has 1 atom stereocenters. The van der Waals surface area contributed by atoms with Gasteiger partial charge in [0.2, 0.25) is 0 Å². The van der Waals surface area contributed by atoms with Crippen molar-refractivity contribution in [1.29, 1.82) is 0 Å². The van der Waals surface area contributed by atoms with Crippen LogP contribution in [0.5, 0.6) is 0 Å². The molecule has 0 saturated heterocycles. The van der Waals surface area contributed by atoms with E-state index in [1.165, 1.54) is 10.7 Å². The minimum Gasteiger partial charge on any atom is -0.336 e. The average molecular weight is 397 g/mol. The molecule has 1 N–H and O–H groups in total. The van der Waals surface area contributed by atoms with Gasteiger partial charge < -0.3 is 4.57 Å². The maximum Gasteiger partial charge on any atom is 0.280 e. The van der Waals surface area contributed by atoms with E-state index in [1.807, 2.05) is 23.7 Å². The van der Waals surface area contributed by atoms with E-state index in [2.05, 4.69) is 9.71 Å². The number of hydrogen-bond acceptors (Lipinski definition) is 3. The highest BCUT2D eigenvalue weighted by Crippen LogP contribution is 2.26. The second kappa shape index (κ2) is 8.08. The van der Waals surface area contributed by atoms with Crippen molar-refractivity contribution in [1.82, 2.24) is 18.6 Å². The zero-order valence-corrected chi connectivity index (χ0v) is 16.7. The molecule has 0 bridgehead atoms. The number of hydrogen-bond donors (Lipinski definition) is 1. The maximum absolute atomic E-state index is 13.0. The van der Waals surface area contributed by atoms with Crippen LogP contribution in [0.3, 0.4) is 0 Å². The van der Waals surface area contributed by atoms with Crippen LogP contribution in [0.4, 0.5) is 0 Å². The Balaban J connectivity index is 1.89. The second-order valence-electron chi connectivity index (χ2n) is 6.81. The van der Waals surface area contributed by atoms with Crippen LogP contribution in [0.2, 0.25) is 5.02 Å². The van der Waals surface area contributed by atoms with Gasteiger partial charge in [-0.3, -0.25) is 0 Å². The normalized spacial score (nSPS) is 17.5. The van der Waals surface area contributed by atoms with Gasteiger partial charge in [0, 0.05) is 37.6 Å². The highest BCUT2D eigenvalue weighted by atomic mass is 35.5. The molecule has 0 aliphatic heterocycles. The van der Waals surface area contributed by atoms with E-state index in [1.54, 1.807) is 31.6 Å². The van der Waals surface area contributed by atoms with E-state index in [-0.39, 0.29) is 6.04 Å². The minimum absolute atomic E-state index is 0.0495. The molecule has 1 aliphatic rings. The van der Waals surface area contributed by atoms with Crippen molar-refractivity contribution in [2.24, 2.45) is 7.05 Å². The van der Waals surface area contributed by atoms with Gasteiger partial charge in [-0.25, -0.2) is 4.98 Å². The molecule has 2 aromatic rings. The first-order valence-corrected chi connectivity index (χ1v) is 10.7. The first kappa shape index (κ1) is 19.4. The summed E-state index contributed by atoms with van der Waals surface area (Å²) in [6.45, 7) is 0. The fourth-order valence-corrected chi connectivity index (χ4v) is 4.89. The summed E-state index contributed by atoms with van der Waals surface area (Å²) < 4.78 is 32.2. The van der Waals surface area contributed by atoms with Crippen molar-refractivity contribution < 1.29 is 8.42 Å². The van der Waals surface area contributed by atoms with Crippen molar-refractivity contribution >= 4 is 21.8 Å². The van der Waals surface area contributed by atoms with Gasteiger partial charge in [0.05, 0.1) is 0 Å². The summed E-state index contributed by atoms with van der Waals surface area (Å²) in [7, 11) is -0.149. The molecule has 0 radical (unpaired) electrons. The SMILES string of the molecule is CN(C1CCCCC1)S(=O)(=O)NC(c1ccc(Cl)cc1)c1nccn1C. The average Bonchev–Trinajstić information content (AvgIpc) is 3.06. The Morgan fingerprint density at radius 1 is 1.23 bits per heavy atom. The number of nitrogens with one attached hydrogen (secondary N) is 1. The summed E-state index contributed by atoms with van der Waals surface area (Å²) in [5.41, 5.74) is 0.796. The lowest BCUT2D eigenvalue weighted by Gasteiger charge is -2.31. The van der Waals surface area contributed by atoms with E-state index >= 15 is 0 Å². The van der Waals surface area contributed by atoms with Crippen LogP contribution in [-0.4, -0.2) is 35.4 Å². The van der Waals surface area contributed by atoms with Crippen LogP contribution < -0.4 is 4.72 Å². The topological polar surface area (TPSA) is 67.2 Å². The Hall–Kier alpha value is -1.41. The van der Waals surface area contributed by atoms with E-state index < -0.39 is 16.3 Å². The smallest absolute Gasteiger partial charge is 0.280 e. The van der Waals surface area contributed by atoms with Gasteiger partial charge in [-0.2, -0.15) is 17.4 Å². The molecule has 1 aromatic heterocycles. The lowest BCUT2D eigenvalue weighted by Crippen LogP contribution is -2.46. The number of aromatic nitrogens is 2. The van der Waals surface area contributed by atoms with Crippen molar-refractivity contribution in [3.05, 3.63) is 53.1 Å². The molecule has 0 spiro atoms. The van der Waals surface area contributed by atoms with E-state index in [4.69, 9.17) is 11.6 Å². The monoisotopic (exact) mass is 396 g/mol. The Bertz CT molecular complexity index is 829. The molecular formula is C18H25ClN4O2S. The predicted molar refractivity (Wildman–Crippen MR) is 103 cm³/mol. The van der Waals surface area contributed by atoms with Gasteiger partial charge in [0.15, 0.2) is 0 Å². The molecule has 26 heavy (non-hydrogen) atoms. The summed E-state index contributed by atoms with van der Waals surface area (Å²) in [6, 6.07) is 6.63. The molecule has 6 nitrogen and oxygen atoms in total. The van der Waals surface area contributed by atoms with Gasteiger partial charge in [0.25, 0.3) is 10.2 Å². The number of rotatable bonds is 6. The molecule has 1 heterocycles. The molecule has 1 fully saturated rings. The van der Waals surface area contributed by atoms with Crippen molar-refractivity contribution in [2.75, 3.05) is 7.05 Å². The Morgan fingerprint density at radius 2 is 1.88 bits per heavy atom. The fourth-order valence-electron chi connectivity index (χ4n) is 3.45. The highest BCUT2D eigenvalue weighted by Gasteiger charge is 2.31. The largest absolute Gasteiger partial charge is 0.336 e. The van der Waals surface area contributed by atoms with E-state index in [0.29, 0.717) is 10.8 Å². The van der Waals surface area contributed by atoms with Crippen LogP contribution in [0.15, 0.2) is 36.7 Å². The zero-order chi connectivity index (χ0) is 18.7. The Kier molecular flexibility index (Phi) is 6.02. The number of imidazole rings is 1. The quantitative estimate of drug-likeness (QED) is 0.814. The van der Waals surface area contributed by atoms with Gasteiger partial charge in [-0.05, 0) is 30.5 Å². The number of nitrogens with zero attached hydrogens (tertiary/aromatic N) is 3. The second-order valence-corrected chi connectivity index (χ2v) is 9.01. The fraction of sp³-hybridized carbons (Fsp3) is 0.500. The third-order valence-electron chi connectivity index (χ3n) is 5.05. The summed E-state index contributed by atoms with van der Waals surface area (Å²) in [5, 5.41) is 0.606. The molecular weight excluding hydrogens is 372 g/mol. The molecule has 1 unspecified atom stereocenters. The highest BCUT2D eigenvalue weighted by molar-refractivity contribution is 7.87. The zero-order valence-electron chi connectivity index (χ0n) is 15.1. The third kappa shape index (κ3) is 4.28.